The molecule has 0 atom stereocenters. The summed E-state index contributed by atoms with van der Waals surface area (Å²) in [5, 5.41) is 2.89. The third kappa shape index (κ3) is 3.12. The molecule has 0 aromatic carbocycles. The Hall–Kier alpha value is -2.76. The number of imidazole rings is 1. The van der Waals surface area contributed by atoms with Gasteiger partial charge in [0.25, 0.3) is 5.91 Å². The highest BCUT2D eigenvalue weighted by Gasteiger charge is 2.16. The van der Waals surface area contributed by atoms with Crippen LogP contribution in [0.15, 0.2) is 24.5 Å². The van der Waals surface area contributed by atoms with Gasteiger partial charge in [-0.3, -0.25) is 4.79 Å². The number of rotatable bonds is 3. The molecule has 0 bridgehead atoms. The molecular formula is C19H21N5O. The first kappa shape index (κ1) is 15.7. The van der Waals surface area contributed by atoms with E-state index in [1.54, 1.807) is 6.20 Å². The summed E-state index contributed by atoms with van der Waals surface area (Å²) in [4.78, 5) is 26.0. The van der Waals surface area contributed by atoms with E-state index in [1.165, 1.54) is 18.4 Å². The fourth-order valence-corrected chi connectivity index (χ4v) is 3.39. The summed E-state index contributed by atoms with van der Waals surface area (Å²) in [7, 11) is 0. The van der Waals surface area contributed by atoms with Crippen molar-refractivity contribution in [3.05, 3.63) is 58.6 Å². The summed E-state index contributed by atoms with van der Waals surface area (Å²) >= 11 is 0. The van der Waals surface area contributed by atoms with Gasteiger partial charge in [0.2, 0.25) is 0 Å². The first-order valence-electron chi connectivity index (χ1n) is 8.69. The van der Waals surface area contributed by atoms with E-state index in [4.69, 9.17) is 0 Å². The van der Waals surface area contributed by atoms with Crippen LogP contribution in [0.4, 0.5) is 0 Å². The van der Waals surface area contributed by atoms with Crippen molar-refractivity contribution < 1.29 is 4.79 Å². The second-order valence-corrected chi connectivity index (χ2v) is 6.64. The molecule has 0 spiro atoms. The number of amides is 1. The monoisotopic (exact) mass is 335 g/mol. The molecule has 1 amide bonds. The lowest BCUT2D eigenvalue weighted by molar-refractivity contribution is 0.0945. The maximum Gasteiger partial charge on any atom is 0.271 e. The predicted octanol–water partition coefficient (Wildman–Crippen LogP) is 2.55. The van der Waals surface area contributed by atoms with Gasteiger partial charge in [-0.15, -0.1) is 0 Å². The Kier molecular flexibility index (Phi) is 3.95. The highest BCUT2D eigenvalue weighted by atomic mass is 16.1. The van der Waals surface area contributed by atoms with Gasteiger partial charge in [0.15, 0.2) is 0 Å². The Morgan fingerprint density at radius 3 is 2.84 bits per heavy atom. The fraction of sp³-hybridized carbons (Fsp3) is 0.368. The van der Waals surface area contributed by atoms with E-state index in [9.17, 15) is 4.79 Å². The summed E-state index contributed by atoms with van der Waals surface area (Å²) in [6, 6.07) is 3.88. The minimum atomic E-state index is -0.208. The van der Waals surface area contributed by atoms with Gasteiger partial charge in [-0.1, -0.05) is 6.07 Å². The number of aromatic nitrogens is 4. The van der Waals surface area contributed by atoms with E-state index >= 15 is 0 Å². The lowest BCUT2D eigenvalue weighted by atomic mass is 9.95. The molecule has 0 fully saturated rings. The largest absolute Gasteiger partial charge is 0.343 e. The summed E-state index contributed by atoms with van der Waals surface area (Å²) < 4.78 is 1.86. The third-order valence-electron chi connectivity index (χ3n) is 4.67. The molecule has 0 unspecified atom stereocenters. The van der Waals surface area contributed by atoms with Crippen molar-refractivity contribution in [2.45, 2.75) is 46.1 Å². The Balaban J connectivity index is 1.50. The Bertz CT molecular complexity index is 960. The summed E-state index contributed by atoms with van der Waals surface area (Å²) in [5.74, 6) is 0.464. The highest BCUT2D eigenvalue weighted by Crippen LogP contribution is 2.21. The van der Waals surface area contributed by atoms with E-state index < -0.39 is 0 Å². The molecule has 6 heteroatoms. The summed E-state index contributed by atoms with van der Waals surface area (Å²) in [6.45, 7) is 4.36. The van der Waals surface area contributed by atoms with Crippen LogP contribution in [0, 0.1) is 13.8 Å². The number of aryl methyl sites for hydroxylation is 3. The van der Waals surface area contributed by atoms with E-state index in [-0.39, 0.29) is 5.91 Å². The maximum atomic E-state index is 12.4. The quantitative estimate of drug-likeness (QED) is 0.798. The smallest absolute Gasteiger partial charge is 0.271 e. The maximum absolute atomic E-state index is 12.4. The Labute approximate surface area is 146 Å². The lowest BCUT2D eigenvalue weighted by Crippen LogP contribution is -2.25. The van der Waals surface area contributed by atoms with Crippen LogP contribution in [0.25, 0.3) is 5.65 Å². The molecule has 0 aliphatic heterocycles. The van der Waals surface area contributed by atoms with E-state index in [0.717, 1.165) is 35.4 Å². The number of nitrogens with one attached hydrogen (secondary N) is 1. The number of fused-ring (bicyclic) bond motifs is 2. The second kappa shape index (κ2) is 6.27. The van der Waals surface area contributed by atoms with Crippen molar-refractivity contribution in [1.29, 1.82) is 0 Å². The van der Waals surface area contributed by atoms with E-state index in [1.807, 2.05) is 36.6 Å². The normalized spacial score (nSPS) is 13.7. The minimum Gasteiger partial charge on any atom is -0.343 e. The predicted molar refractivity (Wildman–Crippen MR) is 94.5 cm³/mol. The van der Waals surface area contributed by atoms with Crippen molar-refractivity contribution in [3.63, 3.8) is 0 Å². The summed E-state index contributed by atoms with van der Waals surface area (Å²) in [5.41, 5.74) is 5.76. The van der Waals surface area contributed by atoms with E-state index in [2.05, 4.69) is 20.3 Å². The average molecular weight is 335 g/mol. The number of pyridine rings is 1. The molecule has 1 aliphatic rings. The third-order valence-corrected chi connectivity index (χ3v) is 4.67. The summed E-state index contributed by atoms with van der Waals surface area (Å²) in [6.07, 6.45) is 8.15. The molecule has 4 rings (SSSR count). The zero-order valence-corrected chi connectivity index (χ0v) is 14.5. The van der Waals surface area contributed by atoms with Gasteiger partial charge in [0.1, 0.15) is 17.2 Å². The molecule has 1 N–H and O–H groups in total. The van der Waals surface area contributed by atoms with Crippen LogP contribution in [0.2, 0.25) is 0 Å². The van der Waals surface area contributed by atoms with Gasteiger partial charge < -0.3 is 9.72 Å². The average Bonchev–Trinajstić information content (AvgIpc) is 3.03. The number of nitrogens with zero attached hydrogens (tertiary/aromatic N) is 4. The van der Waals surface area contributed by atoms with Crippen molar-refractivity contribution in [3.8, 4) is 0 Å². The zero-order valence-electron chi connectivity index (χ0n) is 14.5. The number of carbonyl (C=O) groups is 1. The molecular weight excluding hydrogens is 314 g/mol. The van der Waals surface area contributed by atoms with Crippen LogP contribution < -0.4 is 5.32 Å². The van der Waals surface area contributed by atoms with Crippen molar-refractivity contribution in [1.82, 2.24) is 24.7 Å². The fourth-order valence-electron chi connectivity index (χ4n) is 3.39. The Morgan fingerprint density at radius 1 is 1.12 bits per heavy atom. The molecule has 3 aromatic heterocycles. The van der Waals surface area contributed by atoms with Crippen LogP contribution >= 0.6 is 0 Å². The van der Waals surface area contributed by atoms with Gasteiger partial charge >= 0.3 is 0 Å². The molecule has 0 saturated carbocycles. The molecule has 128 valence electrons. The van der Waals surface area contributed by atoms with Crippen LogP contribution in [0.5, 0.6) is 0 Å². The topological polar surface area (TPSA) is 72.2 Å². The number of hydrogen-bond acceptors (Lipinski definition) is 4. The first-order valence-corrected chi connectivity index (χ1v) is 8.69. The highest BCUT2D eigenvalue weighted by molar-refractivity contribution is 5.92. The van der Waals surface area contributed by atoms with Crippen LogP contribution in [0.1, 0.15) is 51.7 Å². The number of hydrogen-bond donors (Lipinski definition) is 1. The van der Waals surface area contributed by atoms with Gasteiger partial charge in [-0.2, -0.15) is 0 Å². The standard InChI is InChI=1S/C19H21N5O/c1-12-7-8-18-23-16(11-24(18)10-12)19(25)20-9-17-21-13(2)14-5-3-4-6-15(14)22-17/h7-8,10-11H,3-6,9H2,1-2H3,(H,20,25). The van der Waals surface area contributed by atoms with Crippen LogP contribution in [-0.4, -0.2) is 25.3 Å². The molecule has 25 heavy (non-hydrogen) atoms. The molecule has 6 nitrogen and oxygen atoms in total. The van der Waals surface area contributed by atoms with Gasteiger partial charge in [0.05, 0.1) is 6.54 Å². The van der Waals surface area contributed by atoms with Crippen molar-refractivity contribution in [2.75, 3.05) is 0 Å². The molecule has 3 heterocycles. The van der Waals surface area contributed by atoms with Gasteiger partial charge in [-0.25, -0.2) is 15.0 Å². The first-order chi connectivity index (χ1) is 12.1. The molecule has 3 aromatic rings. The lowest BCUT2D eigenvalue weighted by Gasteiger charge is -2.17. The SMILES string of the molecule is Cc1ccc2nc(C(=O)NCc3nc(C)c4c(n3)CCCC4)cn2c1. The van der Waals surface area contributed by atoms with Crippen LogP contribution in [0.3, 0.4) is 0 Å². The van der Waals surface area contributed by atoms with Crippen LogP contribution in [-0.2, 0) is 19.4 Å². The van der Waals surface area contributed by atoms with Gasteiger partial charge in [-0.05, 0) is 56.7 Å². The van der Waals surface area contributed by atoms with Crippen molar-refractivity contribution >= 4 is 11.6 Å². The minimum absolute atomic E-state index is 0.208. The van der Waals surface area contributed by atoms with E-state index in [0.29, 0.717) is 18.1 Å². The van der Waals surface area contributed by atoms with Crippen molar-refractivity contribution in [2.24, 2.45) is 0 Å². The zero-order chi connectivity index (χ0) is 17.4. The molecule has 0 saturated heterocycles. The number of carbonyl (C=O) groups excluding carboxylic acids is 1. The van der Waals surface area contributed by atoms with Gasteiger partial charge in [0, 0.05) is 23.8 Å². The second-order valence-electron chi connectivity index (χ2n) is 6.64. The Morgan fingerprint density at radius 2 is 1.96 bits per heavy atom. The molecule has 1 aliphatic carbocycles. The molecule has 0 radical (unpaired) electrons.